The minimum absolute atomic E-state index is 0.228. The van der Waals surface area contributed by atoms with E-state index in [0.717, 1.165) is 33.7 Å². The van der Waals surface area contributed by atoms with Gasteiger partial charge in [0.2, 0.25) is 0 Å². The van der Waals surface area contributed by atoms with Crippen molar-refractivity contribution in [3.05, 3.63) is 62.8 Å². The summed E-state index contributed by atoms with van der Waals surface area (Å²) in [7, 11) is 0. The van der Waals surface area contributed by atoms with E-state index < -0.39 is 0 Å². The first kappa shape index (κ1) is 15.5. The van der Waals surface area contributed by atoms with E-state index in [9.17, 15) is 0 Å². The minimum atomic E-state index is 0.228. The Balaban J connectivity index is 2.21. The molecule has 0 saturated heterocycles. The van der Waals surface area contributed by atoms with E-state index in [1.165, 1.54) is 5.56 Å². The van der Waals surface area contributed by atoms with Crippen LogP contribution in [0.3, 0.4) is 0 Å². The molecule has 0 radical (unpaired) electrons. The average Bonchev–Trinajstić information content (AvgIpc) is 2.44. The molecule has 1 aromatic heterocycles. The van der Waals surface area contributed by atoms with Crippen molar-refractivity contribution in [2.24, 2.45) is 0 Å². The summed E-state index contributed by atoms with van der Waals surface area (Å²) < 4.78 is 1.000. The van der Waals surface area contributed by atoms with Crippen molar-refractivity contribution in [3.63, 3.8) is 0 Å². The molecule has 2 rings (SSSR count). The highest BCUT2D eigenvalue weighted by molar-refractivity contribution is 9.10. The molecule has 1 aromatic carbocycles. The van der Waals surface area contributed by atoms with Gasteiger partial charge in [-0.15, -0.1) is 0 Å². The first-order valence-electron chi connectivity index (χ1n) is 6.70. The van der Waals surface area contributed by atoms with Gasteiger partial charge in [-0.3, -0.25) is 4.98 Å². The Labute approximate surface area is 133 Å². The van der Waals surface area contributed by atoms with Gasteiger partial charge in [0.25, 0.3) is 0 Å². The van der Waals surface area contributed by atoms with E-state index in [-0.39, 0.29) is 6.04 Å². The van der Waals surface area contributed by atoms with E-state index in [4.69, 9.17) is 11.6 Å². The molecule has 0 saturated carbocycles. The Morgan fingerprint density at radius 1 is 1.30 bits per heavy atom. The summed E-state index contributed by atoms with van der Waals surface area (Å²) >= 11 is 9.64. The van der Waals surface area contributed by atoms with E-state index in [2.05, 4.69) is 45.3 Å². The van der Waals surface area contributed by atoms with E-state index >= 15 is 0 Å². The smallest absolute Gasteiger partial charge is 0.0438 e. The van der Waals surface area contributed by atoms with Crippen LogP contribution in [0, 0.1) is 6.92 Å². The van der Waals surface area contributed by atoms with E-state index in [1.54, 1.807) is 0 Å². The molecule has 0 aliphatic rings. The van der Waals surface area contributed by atoms with Crippen LogP contribution < -0.4 is 5.32 Å². The second-order valence-electron chi connectivity index (χ2n) is 4.79. The molecule has 0 fully saturated rings. The van der Waals surface area contributed by atoms with Crippen LogP contribution in [0.5, 0.6) is 0 Å². The van der Waals surface area contributed by atoms with Crippen molar-refractivity contribution < 1.29 is 0 Å². The van der Waals surface area contributed by atoms with Crippen LogP contribution in [0.15, 0.2) is 41.0 Å². The van der Waals surface area contributed by atoms with Gasteiger partial charge >= 0.3 is 0 Å². The zero-order chi connectivity index (χ0) is 14.5. The highest BCUT2D eigenvalue weighted by Crippen LogP contribution is 2.24. The maximum atomic E-state index is 6.23. The van der Waals surface area contributed by atoms with Crippen LogP contribution in [-0.4, -0.2) is 11.5 Å². The highest BCUT2D eigenvalue weighted by Gasteiger charge is 2.13. The summed E-state index contributed by atoms with van der Waals surface area (Å²) in [6, 6.07) is 10.5. The summed E-state index contributed by atoms with van der Waals surface area (Å²) in [6.45, 7) is 5.04. The van der Waals surface area contributed by atoms with Gasteiger partial charge in [0, 0.05) is 33.8 Å². The van der Waals surface area contributed by atoms with Crippen LogP contribution in [-0.2, 0) is 6.42 Å². The SMILES string of the molecule is CCNC(Cc1ccc(Br)cn1)c1ccc(C)c(Cl)c1. The standard InChI is InChI=1S/C16H18BrClN2/c1-3-19-16(9-14-7-6-13(17)10-20-14)12-5-4-11(2)15(18)8-12/h4-8,10,16,19H,3,9H2,1-2H3. The Kier molecular flexibility index (Phi) is 5.58. The van der Waals surface area contributed by atoms with Crippen LogP contribution in [0.1, 0.15) is 29.8 Å². The third-order valence-corrected chi connectivity index (χ3v) is 4.13. The van der Waals surface area contributed by atoms with Crippen molar-refractivity contribution >= 4 is 27.5 Å². The number of benzene rings is 1. The Hall–Kier alpha value is -0.900. The molecule has 0 aliphatic heterocycles. The van der Waals surface area contributed by atoms with Crippen LogP contribution >= 0.6 is 27.5 Å². The number of rotatable bonds is 5. The lowest BCUT2D eigenvalue weighted by Crippen LogP contribution is -2.23. The fraction of sp³-hybridized carbons (Fsp3) is 0.312. The monoisotopic (exact) mass is 352 g/mol. The fourth-order valence-corrected chi connectivity index (χ4v) is 2.54. The Morgan fingerprint density at radius 3 is 2.70 bits per heavy atom. The molecule has 2 aromatic rings. The molecular weight excluding hydrogens is 336 g/mol. The molecule has 20 heavy (non-hydrogen) atoms. The third-order valence-electron chi connectivity index (χ3n) is 3.25. The predicted molar refractivity (Wildman–Crippen MR) is 88.2 cm³/mol. The second kappa shape index (κ2) is 7.21. The summed E-state index contributed by atoms with van der Waals surface area (Å²) in [5.41, 5.74) is 3.37. The van der Waals surface area contributed by atoms with E-state index in [0.29, 0.717) is 0 Å². The summed E-state index contributed by atoms with van der Waals surface area (Å²) in [5.74, 6) is 0. The summed E-state index contributed by atoms with van der Waals surface area (Å²) in [6.07, 6.45) is 2.68. The third kappa shape index (κ3) is 4.05. The second-order valence-corrected chi connectivity index (χ2v) is 6.11. The van der Waals surface area contributed by atoms with Crippen molar-refractivity contribution in [2.45, 2.75) is 26.3 Å². The molecule has 0 bridgehead atoms. The van der Waals surface area contributed by atoms with Gasteiger partial charge in [-0.05, 0) is 58.7 Å². The highest BCUT2D eigenvalue weighted by atomic mass is 79.9. The molecule has 2 nitrogen and oxygen atoms in total. The van der Waals surface area contributed by atoms with Gasteiger partial charge < -0.3 is 5.32 Å². The molecular formula is C16H18BrClN2. The number of hydrogen-bond acceptors (Lipinski definition) is 2. The number of nitrogens with zero attached hydrogens (tertiary/aromatic N) is 1. The quantitative estimate of drug-likeness (QED) is 0.843. The van der Waals surface area contributed by atoms with Crippen molar-refractivity contribution in [2.75, 3.05) is 6.54 Å². The largest absolute Gasteiger partial charge is 0.310 e. The van der Waals surface area contributed by atoms with Gasteiger partial charge in [0.05, 0.1) is 0 Å². The summed E-state index contributed by atoms with van der Waals surface area (Å²) in [4.78, 5) is 4.45. The van der Waals surface area contributed by atoms with Gasteiger partial charge in [-0.2, -0.15) is 0 Å². The molecule has 1 heterocycles. The van der Waals surface area contributed by atoms with E-state index in [1.807, 2.05) is 31.3 Å². The number of aromatic nitrogens is 1. The Bertz CT molecular complexity index is 569. The number of aryl methyl sites for hydroxylation is 1. The van der Waals surface area contributed by atoms with Gasteiger partial charge in [0.1, 0.15) is 0 Å². The molecule has 4 heteroatoms. The lowest BCUT2D eigenvalue weighted by Gasteiger charge is -2.19. The molecule has 0 spiro atoms. The topological polar surface area (TPSA) is 24.9 Å². The lowest BCUT2D eigenvalue weighted by atomic mass is 10.0. The van der Waals surface area contributed by atoms with Crippen molar-refractivity contribution in [1.29, 1.82) is 0 Å². The van der Waals surface area contributed by atoms with Gasteiger partial charge in [-0.1, -0.05) is 30.7 Å². The lowest BCUT2D eigenvalue weighted by molar-refractivity contribution is 0.544. The maximum absolute atomic E-state index is 6.23. The van der Waals surface area contributed by atoms with Crippen molar-refractivity contribution in [3.8, 4) is 0 Å². The molecule has 1 N–H and O–H groups in total. The molecule has 1 atom stereocenters. The first-order valence-corrected chi connectivity index (χ1v) is 7.87. The molecule has 0 amide bonds. The number of likely N-dealkylation sites (N-methyl/N-ethyl adjacent to an activating group) is 1. The average molecular weight is 354 g/mol. The number of halogens is 2. The van der Waals surface area contributed by atoms with Crippen molar-refractivity contribution in [1.82, 2.24) is 10.3 Å². The number of pyridine rings is 1. The number of hydrogen-bond donors (Lipinski definition) is 1. The van der Waals surface area contributed by atoms with Gasteiger partial charge in [-0.25, -0.2) is 0 Å². The normalized spacial score (nSPS) is 12.4. The number of nitrogens with one attached hydrogen (secondary N) is 1. The van der Waals surface area contributed by atoms with Crippen LogP contribution in [0.2, 0.25) is 5.02 Å². The fourth-order valence-electron chi connectivity index (χ4n) is 2.12. The van der Waals surface area contributed by atoms with Crippen LogP contribution in [0.4, 0.5) is 0 Å². The predicted octanol–water partition coefficient (Wildman–Crippen LogP) is 4.70. The zero-order valence-electron chi connectivity index (χ0n) is 11.7. The molecule has 1 unspecified atom stereocenters. The van der Waals surface area contributed by atoms with Gasteiger partial charge in [0.15, 0.2) is 0 Å². The van der Waals surface area contributed by atoms with Crippen LogP contribution in [0.25, 0.3) is 0 Å². The Morgan fingerprint density at radius 2 is 2.10 bits per heavy atom. The first-order chi connectivity index (χ1) is 9.60. The summed E-state index contributed by atoms with van der Waals surface area (Å²) in [5, 5.41) is 4.31. The molecule has 0 aliphatic carbocycles. The minimum Gasteiger partial charge on any atom is -0.310 e. The maximum Gasteiger partial charge on any atom is 0.0438 e. The zero-order valence-corrected chi connectivity index (χ0v) is 14.0. The molecule has 106 valence electrons.